The molecule has 0 aliphatic rings. The van der Waals surface area contributed by atoms with Gasteiger partial charge in [0.2, 0.25) is 11.8 Å². The predicted octanol–water partition coefficient (Wildman–Crippen LogP) is 0.478. The van der Waals surface area contributed by atoms with Crippen molar-refractivity contribution in [2.24, 2.45) is 5.73 Å². The highest BCUT2D eigenvalue weighted by molar-refractivity contribution is 6.59. The number of carbonyl (C=O) groups is 2. The Morgan fingerprint density at radius 1 is 0.921 bits per heavy atom. The van der Waals surface area contributed by atoms with Crippen LogP contribution in [0.5, 0.6) is 0 Å². The Balaban J connectivity index is 1.52. The fourth-order valence-corrected chi connectivity index (χ4v) is 3.82. The van der Waals surface area contributed by atoms with Gasteiger partial charge in [-0.1, -0.05) is 66.4 Å². The zero-order valence-corrected chi connectivity index (χ0v) is 21.6. The summed E-state index contributed by atoms with van der Waals surface area (Å²) in [5, 5.41) is 25.0. The summed E-state index contributed by atoms with van der Waals surface area (Å²) in [6, 6.07) is 21.4. The first kappa shape index (κ1) is 28.6. The van der Waals surface area contributed by atoms with Crippen molar-refractivity contribution in [2.75, 3.05) is 14.1 Å². The van der Waals surface area contributed by atoms with E-state index in [0.717, 1.165) is 22.3 Å². The first-order valence-corrected chi connectivity index (χ1v) is 12.3. The van der Waals surface area contributed by atoms with Crippen LogP contribution in [-0.2, 0) is 29.2 Å². The minimum Gasteiger partial charge on any atom is -0.423 e. The van der Waals surface area contributed by atoms with Gasteiger partial charge in [0.25, 0.3) is 0 Å². The smallest absolute Gasteiger partial charge is 0.423 e. The fraction of sp³-hybridized carbons (Fsp3) is 0.241. The van der Waals surface area contributed by atoms with E-state index in [0.29, 0.717) is 17.6 Å². The average molecular weight is 512 g/mol. The molecule has 0 bridgehead atoms. The molecule has 3 aromatic carbocycles. The maximum absolute atomic E-state index is 12.5. The lowest BCUT2D eigenvalue weighted by Crippen LogP contribution is -2.43. The van der Waals surface area contributed by atoms with Gasteiger partial charge in [0, 0.05) is 30.8 Å². The summed E-state index contributed by atoms with van der Waals surface area (Å²) in [6.07, 6.45) is -0.175. The fourth-order valence-electron chi connectivity index (χ4n) is 3.82. The van der Waals surface area contributed by atoms with Gasteiger partial charge < -0.3 is 31.3 Å². The second-order valence-corrected chi connectivity index (χ2v) is 9.22. The standard InChI is InChI=1S/C29H33BN4O4/c1-34(2)20-25-15-13-22(16-26(25)30(37)38)18-33-29(36)27(31)17-28(35)32-19-24-11-7-6-10-23(24)14-12-21-8-4-3-5-9-21/h3-11,13,15-16,27,37-38H,17-20,31H2,1-2H3,(H,32,35)(H,33,36). The van der Waals surface area contributed by atoms with E-state index in [4.69, 9.17) is 5.73 Å². The summed E-state index contributed by atoms with van der Waals surface area (Å²) >= 11 is 0. The van der Waals surface area contributed by atoms with Crippen molar-refractivity contribution in [1.29, 1.82) is 0 Å². The molecule has 8 nitrogen and oxygen atoms in total. The Labute approximate surface area is 224 Å². The lowest BCUT2D eigenvalue weighted by atomic mass is 9.76. The van der Waals surface area contributed by atoms with E-state index in [9.17, 15) is 19.6 Å². The lowest BCUT2D eigenvalue weighted by Gasteiger charge is -2.16. The van der Waals surface area contributed by atoms with E-state index in [1.54, 1.807) is 18.2 Å². The van der Waals surface area contributed by atoms with Crippen LogP contribution in [0.3, 0.4) is 0 Å². The first-order chi connectivity index (χ1) is 18.2. The summed E-state index contributed by atoms with van der Waals surface area (Å²) in [5.74, 6) is 5.44. The van der Waals surface area contributed by atoms with Crippen molar-refractivity contribution < 1.29 is 19.6 Å². The number of rotatable bonds is 10. The number of nitrogens with zero attached hydrogens (tertiary/aromatic N) is 1. The van der Waals surface area contributed by atoms with Crippen LogP contribution in [0.15, 0.2) is 72.8 Å². The summed E-state index contributed by atoms with van der Waals surface area (Å²) < 4.78 is 0. The van der Waals surface area contributed by atoms with Crippen molar-refractivity contribution in [3.05, 3.63) is 101 Å². The molecule has 196 valence electrons. The van der Waals surface area contributed by atoms with Gasteiger partial charge in [-0.25, -0.2) is 0 Å². The molecule has 6 N–H and O–H groups in total. The highest BCUT2D eigenvalue weighted by Crippen LogP contribution is 2.09. The van der Waals surface area contributed by atoms with Crippen LogP contribution in [0.1, 0.15) is 34.2 Å². The van der Waals surface area contributed by atoms with Crippen LogP contribution in [0.4, 0.5) is 0 Å². The maximum Gasteiger partial charge on any atom is 0.488 e. The Bertz CT molecular complexity index is 1300. The van der Waals surface area contributed by atoms with Crippen molar-refractivity contribution in [2.45, 2.75) is 32.1 Å². The van der Waals surface area contributed by atoms with Gasteiger partial charge in [0.1, 0.15) is 0 Å². The largest absolute Gasteiger partial charge is 0.488 e. The second-order valence-electron chi connectivity index (χ2n) is 9.22. The topological polar surface area (TPSA) is 128 Å². The highest BCUT2D eigenvalue weighted by Gasteiger charge is 2.19. The zero-order chi connectivity index (χ0) is 27.5. The molecule has 0 aliphatic carbocycles. The van der Waals surface area contributed by atoms with Crippen LogP contribution < -0.4 is 21.8 Å². The molecule has 1 atom stereocenters. The predicted molar refractivity (Wildman–Crippen MR) is 149 cm³/mol. The van der Waals surface area contributed by atoms with Crippen molar-refractivity contribution in [3.8, 4) is 11.8 Å². The Hall–Kier alpha value is -3.94. The molecule has 0 fully saturated rings. The molecule has 0 radical (unpaired) electrons. The minimum atomic E-state index is -1.62. The number of benzene rings is 3. The van der Waals surface area contributed by atoms with Crippen LogP contribution in [0.25, 0.3) is 0 Å². The molecular formula is C29H33BN4O4. The van der Waals surface area contributed by atoms with E-state index in [-0.39, 0.29) is 25.4 Å². The van der Waals surface area contributed by atoms with Gasteiger partial charge in [-0.05, 0) is 54.4 Å². The van der Waals surface area contributed by atoms with E-state index < -0.39 is 19.1 Å². The molecular weight excluding hydrogens is 479 g/mol. The van der Waals surface area contributed by atoms with E-state index in [1.807, 2.05) is 73.6 Å². The summed E-state index contributed by atoms with van der Waals surface area (Å²) in [4.78, 5) is 26.9. The molecule has 9 heteroatoms. The van der Waals surface area contributed by atoms with Crippen molar-refractivity contribution in [1.82, 2.24) is 15.5 Å². The van der Waals surface area contributed by atoms with Gasteiger partial charge >= 0.3 is 7.12 Å². The quantitative estimate of drug-likeness (QED) is 0.199. The van der Waals surface area contributed by atoms with Crippen LogP contribution >= 0.6 is 0 Å². The van der Waals surface area contributed by atoms with Crippen molar-refractivity contribution in [3.63, 3.8) is 0 Å². The summed E-state index contributed by atoms with van der Waals surface area (Å²) in [5.41, 5.74) is 10.4. The number of hydrogen-bond donors (Lipinski definition) is 5. The number of nitrogens with one attached hydrogen (secondary N) is 2. The van der Waals surface area contributed by atoms with Gasteiger partial charge in [0.15, 0.2) is 0 Å². The monoisotopic (exact) mass is 512 g/mol. The number of hydrogen-bond acceptors (Lipinski definition) is 6. The first-order valence-electron chi connectivity index (χ1n) is 12.3. The van der Waals surface area contributed by atoms with Crippen molar-refractivity contribution >= 4 is 24.4 Å². The third kappa shape index (κ3) is 8.87. The molecule has 38 heavy (non-hydrogen) atoms. The van der Waals surface area contributed by atoms with Crippen LogP contribution in [0.2, 0.25) is 0 Å². The zero-order valence-electron chi connectivity index (χ0n) is 21.6. The third-order valence-electron chi connectivity index (χ3n) is 5.79. The molecule has 0 aliphatic heterocycles. The Morgan fingerprint density at radius 2 is 1.63 bits per heavy atom. The van der Waals surface area contributed by atoms with Gasteiger partial charge in [-0.15, -0.1) is 0 Å². The molecule has 0 heterocycles. The Morgan fingerprint density at radius 3 is 2.34 bits per heavy atom. The number of carbonyl (C=O) groups excluding carboxylic acids is 2. The van der Waals surface area contributed by atoms with Gasteiger partial charge in [0.05, 0.1) is 12.5 Å². The summed E-state index contributed by atoms with van der Waals surface area (Å²) in [7, 11) is 2.15. The van der Waals surface area contributed by atoms with E-state index in [2.05, 4.69) is 22.5 Å². The molecule has 1 unspecified atom stereocenters. The van der Waals surface area contributed by atoms with Gasteiger partial charge in [-0.3, -0.25) is 9.59 Å². The van der Waals surface area contributed by atoms with Crippen LogP contribution in [0, 0.1) is 11.8 Å². The Kier molecular flexibility index (Phi) is 10.6. The number of amides is 2. The van der Waals surface area contributed by atoms with Gasteiger partial charge in [-0.2, -0.15) is 0 Å². The average Bonchev–Trinajstić information content (AvgIpc) is 2.90. The van der Waals surface area contributed by atoms with Crippen LogP contribution in [-0.4, -0.2) is 54.0 Å². The molecule has 0 spiro atoms. The lowest BCUT2D eigenvalue weighted by molar-refractivity contribution is -0.127. The summed E-state index contributed by atoms with van der Waals surface area (Å²) in [6.45, 7) is 0.950. The normalized spacial score (nSPS) is 11.3. The molecule has 0 aromatic heterocycles. The maximum atomic E-state index is 12.5. The minimum absolute atomic E-state index is 0.142. The van der Waals surface area contributed by atoms with E-state index in [1.165, 1.54) is 0 Å². The molecule has 0 saturated heterocycles. The number of nitrogens with two attached hydrogens (primary N) is 1. The van der Waals surface area contributed by atoms with E-state index >= 15 is 0 Å². The SMILES string of the molecule is CN(C)Cc1ccc(CNC(=O)C(N)CC(=O)NCc2ccccc2C#Cc2ccccc2)cc1B(O)O. The molecule has 3 rings (SSSR count). The molecule has 3 aromatic rings. The second kappa shape index (κ2) is 14.1. The molecule has 2 amide bonds. The third-order valence-corrected chi connectivity index (χ3v) is 5.79. The molecule has 0 saturated carbocycles. The highest BCUT2D eigenvalue weighted by atomic mass is 16.4.